The molecule has 1 aliphatic carbocycles. The van der Waals surface area contributed by atoms with Crippen LogP contribution in [0.5, 0.6) is 0 Å². The summed E-state index contributed by atoms with van der Waals surface area (Å²) in [7, 11) is 0. The molecule has 0 spiro atoms. The van der Waals surface area contributed by atoms with Crippen LogP contribution >= 0.6 is 0 Å². The fourth-order valence-electron chi connectivity index (χ4n) is 3.91. The first kappa shape index (κ1) is 12.5. The molecule has 2 unspecified atom stereocenters. The standard InChI is InChI=1S/C15H26N2O/c1-11-2-4-12(5-3-11)15(18)17-9-8-13-6-7-14(10-17)16-13/h11-14,16H,2-10H2,1H3. The summed E-state index contributed by atoms with van der Waals surface area (Å²) in [5.41, 5.74) is 0. The summed E-state index contributed by atoms with van der Waals surface area (Å²) in [5.74, 6) is 1.62. The van der Waals surface area contributed by atoms with Gasteiger partial charge in [0.25, 0.3) is 0 Å². The molecule has 3 rings (SSSR count). The van der Waals surface area contributed by atoms with Crippen molar-refractivity contribution in [2.24, 2.45) is 11.8 Å². The summed E-state index contributed by atoms with van der Waals surface area (Å²) >= 11 is 0. The fraction of sp³-hybridized carbons (Fsp3) is 0.933. The first-order valence-electron chi connectivity index (χ1n) is 7.77. The Morgan fingerprint density at radius 3 is 2.50 bits per heavy atom. The summed E-state index contributed by atoms with van der Waals surface area (Å²) in [6.45, 7) is 4.26. The van der Waals surface area contributed by atoms with Gasteiger partial charge in [-0.15, -0.1) is 0 Å². The van der Waals surface area contributed by atoms with Crippen LogP contribution in [0.15, 0.2) is 0 Å². The minimum atomic E-state index is 0.331. The highest BCUT2D eigenvalue weighted by Gasteiger charge is 2.34. The second-order valence-corrected chi connectivity index (χ2v) is 6.67. The van der Waals surface area contributed by atoms with Crippen LogP contribution in [0.2, 0.25) is 0 Å². The van der Waals surface area contributed by atoms with E-state index in [0.717, 1.165) is 38.3 Å². The third kappa shape index (κ3) is 2.56. The van der Waals surface area contributed by atoms with Gasteiger partial charge in [0.05, 0.1) is 0 Å². The molecule has 0 radical (unpaired) electrons. The summed E-state index contributed by atoms with van der Waals surface area (Å²) in [6.07, 6.45) is 8.47. The van der Waals surface area contributed by atoms with Crippen molar-refractivity contribution < 1.29 is 4.79 Å². The maximum Gasteiger partial charge on any atom is 0.225 e. The third-order valence-electron chi connectivity index (χ3n) is 5.20. The molecule has 2 bridgehead atoms. The van der Waals surface area contributed by atoms with E-state index in [2.05, 4.69) is 17.1 Å². The molecule has 2 atom stereocenters. The predicted octanol–water partition coefficient (Wildman–Crippen LogP) is 2.17. The molecule has 0 aromatic carbocycles. The van der Waals surface area contributed by atoms with E-state index in [9.17, 15) is 4.79 Å². The maximum absolute atomic E-state index is 12.6. The molecule has 1 N–H and O–H groups in total. The topological polar surface area (TPSA) is 32.3 Å². The van der Waals surface area contributed by atoms with E-state index < -0.39 is 0 Å². The van der Waals surface area contributed by atoms with E-state index >= 15 is 0 Å². The van der Waals surface area contributed by atoms with Crippen molar-refractivity contribution in [2.75, 3.05) is 13.1 Å². The highest BCUT2D eigenvalue weighted by Crippen LogP contribution is 2.30. The van der Waals surface area contributed by atoms with Crippen molar-refractivity contribution in [1.82, 2.24) is 10.2 Å². The summed E-state index contributed by atoms with van der Waals surface area (Å²) in [5, 5.41) is 3.65. The van der Waals surface area contributed by atoms with E-state index in [4.69, 9.17) is 0 Å². The number of nitrogens with zero attached hydrogens (tertiary/aromatic N) is 1. The first-order chi connectivity index (χ1) is 8.72. The van der Waals surface area contributed by atoms with Gasteiger partial charge in [-0.3, -0.25) is 4.79 Å². The van der Waals surface area contributed by atoms with E-state index in [0.29, 0.717) is 23.9 Å². The maximum atomic E-state index is 12.6. The molecule has 3 nitrogen and oxygen atoms in total. The zero-order valence-electron chi connectivity index (χ0n) is 11.5. The lowest BCUT2D eigenvalue weighted by molar-refractivity contribution is -0.137. The minimum absolute atomic E-state index is 0.331. The minimum Gasteiger partial charge on any atom is -0.341 e. The van der Waals surface area contributed by atoms with Gasteiger partial charge >= 0.3 is 0 Å². The Bertz CT molecular complexity index is 310. The van der Waals surface area contributed by atoms with Gasteiger partial charge < -0.3 is 10.2 Å². The van der Waals surface area contributed by atoms with Crippen molar-refractivity contribution in [3.63, 3.8) is 0 Å². The Morgan fingerprint density at radius 1 is 1.00 bits per heavy atom. The third-order valence-corrected chi connectivity index (χ3v) is 5.20. The molecule has 1 amide bonds. The molecule has 0 aromatic heterocycles. The van der Waals surface area contributed by atoms with Crippen LogP contribution in [0.1, 0.15) is 51.9 Å². The van der Waals surface area contributed by atoms with Gasteiger partial charge in [-0.25, -0.2) is 0 Å². The first-order valence-corrected chi connectivity index (χ1v) is 7.77. The van der Waals surface area contributed by atoms with E-state index in [1.807, 2.05) is 0 Å². The number of amides is 1. The van der Waals surface area contributed by atoms with Crippen molar-refractivity contribution in [3.05, 3.63) is 0 Å². The number of carbonyl (C=O) groups is 1. The number of likely N-dealkylation sites (tertiary alicyclic amines) is 1. The quantitative estimate of drug-likeness (QED) is 0.773. The van der Waals surface area contributed by atoms with Crippen LogP contribution < -0.4 is 5.32 Å². The number of rotatable bonds is 1. The number of hydrogen-bond donors (Lipinski definition) is 1. The lowest BCUT2D eigenvalue weighted by Gasteiger charge is -2.32. The van der Waals surface area contributed by atoms with Crippen LogP contribution in [0.25, 0.3) is 0 Å². The van der Waals surface area contributed by atoms with Crippen LogP contribution in [-0.2, 0) is 4.79 Å². The van der Waals surface area contributed by atoms with E-state index in [1.54, 1.807) is 0 Å². The van der Waals surface area contributed by atoms with Gasteiger partial charge in [-0.05, 0) is 50.9 Å². The molecular formula is C15H26N2O. The van der Waals surface area contributed by atoms with Gasteiger partial charge in [0, 0.05) is 31.1 Å². The van der Waals surface area contributed by atoms with Crippen LogP contribution in [-0.4, -0.2) is 36.0 Å². The van der Waals surface area contributed by atoms with Gasteiger partial charge in [0.1, 0.15) is 0 Å². The van der Waals surface area contributed by atoms with Crippen LogP contribution in [0.3, 0.4) is 0 Å². The molecule has 3 fully saturated rings. The molecule has 2 aliphatic heterocycles. The van der Waals surface area contributed by atoms with Crippen LogP contribution in [0, 0.1) is 11.8 Å². The molecule has 102 valence electrons. The zero-order valence-corrected chi connectivity index (χ0v) is 11.5. The molecule has 18 heavy (non-hydrogen) atoms. The van der Waals surface area contributed by atoms with Crippen molar-refractivity contribution in [1.29, 1.82) is 0 Å². The monoisotopic (exact) mass is 250 g/mol. The average Bonchev–Trinajstić information content (AvgIpc) is 2.69. The highest BCUT2D eigenvalue weighted by atomic mass is 16.2. The molecule has 2 heterocycles. The lowest BCUT2D eigenvalue weighted by Crippen LogP contribution is -2.42. The van der Waals surface area contributed by atoms with Gasteiger partial charge in [0.15, 0.2) is 0 Å². The number of carbonyl (C=O) groups excluding carboxylic acids is 1. The number of nitrogens with one attached hydrogen (secondary N) is 1. The van der Waals surface area contributed by atoms with Crippen molar-refractivity contribution >= 4 is 5.91 Å². The Kier molecular flexibility index (Phi) is 3.60. The Labute approximate surface area is 110 Å². The van der Waals surface area contributed by atoms with E-state index in [-0.39, 0.29) is 0 Å². The van der Waals surface area contributed by atoms with Gasteiger partial charge in [-0.2, -0.15) is 0 Å². The molecule has 1 saturated carbocycles. The Balaban J connectivity index is 1.58. The summed E-state index contributed by atoms with van der Waals surface area (Å²) in [4.78, 5) is 14.8. The molecule has 3 heteroatoms. The highest BCUT2D eigenvalue weighted by molar-refractivity contribution is 5.79. The fourth-order valence-corrected chi connectivity index (χ4v) is 3.91. The predicted molar refractivity (Wildman–Crippen MR) is 72.3 cm³/mol. The molecule has 3 aliphatic rings. The lowest BCUT2D eigenvalue weighted by atomic mass is 9.82. The number of fused-ring (bicyclic) bond motifs is 2. The normalized spacial score (nSPS) is 40.6. The number of hydrogen-bond acceptors (Lipinski definition) is 2. The summed E-state index contributed by atoms with van der Waals surface area (Å²) < 4.78 is 0. The second-order valence-electron chi connectivity index (χ2n) is 6.67. The molecule has 0 aromatic rings. The smallest absolute Gasteiger partial charge is 0.225 e. The van der Waals surface area contributed by atoms with Gasteiger partial charge in [0.2, 0.25) is 5.91 Å². The van der Waals surface area contributed by atoms with E-state index in [1.165, 1.54) is 25.7 Å². The Morgan fingerprint density at radius 2 is 1.72 bits per heavy atom. The molecule has 2 saturated heterocycles. The van der Waals surface area contributed by atoms with Crippen molar-refractivity contribution in [3.8, 4) is 0 Å². The second kappa shape index (κ2) is 5.20. The van der Waals surface area contributed by atoms with Gasteiger partial charge in [-0.1, -0.05) is 6.92 Å². The SMILES string of the molecule is CC1CCC(C(=O)N2CCC3CCC(C2)N3)CC1. The average molecular weight is 250 g/mol. The molecular weight excluding hydrogens is 224 g/mol. The largest absolute Gasteiger partial charge is 0.341 e. The zero-order chi connectivity index (χ0) is 12.5. The van der Waals surface area contributed by atoms with Crippen molar-refractivity contribution in [2.45, 2.75) is 64.0 Å². The van der Waals surface area contributed by atoms with Crippen LogP contribution in [0.4, 0.5) is 0 Å². The summed E-state index contributed by atoms with van der Waals surface area (Å²) in [6, 6.07) is 1.25. The Hall–Kier alpha value is -0.570.